The first-order valence-corrected chi connectivity index (χ1v) is 6.49. The Balaban J connectivity index is 2.39. The van der Waals surface area contributed by atoms with Gasteiger partial charge in [0.2, 0.25) is 0 Å². The Morgan fingerprint density at radius 3 is 3.00 bits per heavy atom. The first-order valence-electron chi connectivity index (χ1n) is 5.69. The zero-order chi connectivity index (χ0) is 12.3. The van der Waals surface area contributed by atoms with Gasteiger partial charge in [-0.3, -0.25) is 4.68 Å². The Bertz CT molecular complexity index is 464. The molecule has 2 aromatic rings. The molecule has 1 unspecified atom stereocenters. The van der Waals surface area contributed by atoms with Crippen LogP contribution in [0.25, 0.3) is 0 Å². The van der Waals surface area contributed by atoms with Gasteiger partial charge in [-0.05, 0) is 41.5 Å². The van der Waals surface area contributed by atoms with Gasteiger partial charge in [0.15, 0.2) is 0 Å². The Kier molecular flexibility index (Phi) is 4.02. The summed E-state index contributed by atoms with van der Waals surface area (Å²) < 4.78 is 8.48. The van der Waals surface area contributed by atoms with Crippen molar-refractivity contribution >= 4 is 15.9 Å². The second-order valence-electron chi connectivity index (χ2n) is 3.84. The molecule has 17 heavy (non-hydrogen) atoms. The van der Waals surface area contributed by atoms with Crippen molar-refractivity contribution in [1.29, 1.82) is 0 Å². The molecule has 0 spiro atoms. The summed E-state index contributed by atoms with van der Waals surface area (Å²) in [4.78, 5) is 0. The Morgan fingerprint density at radius 2 is 2.41 bits per heavy atom. The first-order chi connectivity index (χ1) is 8.27. The van der Waals surface area contributed by atoms with Crippen LogP contribution in [0.2, 0.25) is 0 Å². The van der Waals surface area contributed by atoms with Crippen LogP contribution in [-0.4, -0.2) is 16.8 Å². The summed E-state index contributed by atoms with van der Waals surface area (Å²) in [5.41, 5.74) is 1.10. The summed E-state index contributed by atoms with van der Waals surface area (Å²) in [5, 5.41) is 7.63. The van der Waals surface area contributed by atoms with Gasteiger partial charge >= 0.3 is 0 Å². The third kappa shape index (κ3) is 2.45. The highest BCUT2D eigenvalue weighted by Gasteiger charge is 2.22. The predicted molar refractivity (Wildman–Crippen MR) is 69.8 cm³/mol. The fraction of sp³-hybridized carbons (Fsp3) is 0.417. The summed E-state index contributed by atoms with van der Waals surface area (Å²) >= 11 is 3.55. The van der Waals surface area contributed by atoms with Crippen molar-refractivity contribution in [2.24, 2.45) is 0 Å². The molecule has 0 amide bonds. The van der Waals surface area contributed by atoms with Gasteiger partial charge in [-0.1, -0.05) is 6.92 Å². The summed E-state index contributed by atoms with van der Waals surface area (Å²) in [6.45, 7) is 3.04. The summed E-state index contributed by atoms with van der Waals surface area (Å²) in [5.74, 6) is 0.894. The van der Waals surface area contributed by atoms with E-state index in [2.05, 4.69) is 33.3 Å². The molecule has 1 N–H and O–H groups in total. The summed E-state index contributed by atoms with van der Waals surface area (Å²) in [7, 11) is 1.92. The molecule has 4 nitrogen and oxygen atoms in total. The van der Waals surface area contributed by atoms with Gasteiger partial charge in [-0.25, -0.2) is 0 Å². The molecule has 0 aliphatic rings. The van der Waals surface area contributed by atoms with E-state index in [0.717, 1.165) is 28.9 Å². The SMILES string of the molecule is CCCn1ncc(Br)c1C(NC)c1ccco1. The van der Waals surface area contributed by atoms with Crippen LogP contribution < -0.4 is 5.32 Å². The molecule has 2 heterocycles. The number of rotatable bonds is 5. The average Bonchev–Trinajstić information content (AvgIpc) is 2.94. The van der Waals surface area contributed by atoms with Crippen molar-refractivity contribution in [1.82, 2.24) is 15.1 Å². The van der Waals surface area contributed by atoms with Crippen molar-refractivity contribution in [3.63, 3.8) is 0 Å². The number of aromatic nitrogens is 2. The molecule has 0 bridgehead atoms. The normalized spacial score (nSPS) is 12.9. The number of hydrogen-bond acceptors (Lipinski definition) is 3. The minimum absolute atomic E-state index is 0.0217. The van der Waals surface area contributed by atoms with Crippen LogP contribution in [0.5, 0.6) is 0 Å². The maximum atomic E-state index is 5.47. The quantitative estimate of drug-likeness (QED) is 0.923. The average molecular weight is 298 g/mol. The van der Waals surface area contributed by atoms with Crippen LogP contribution in [0.15, 0.2) is 33.5 Å². The predicted octanol–water partition coefficient (Wildman–Crippen LogP) is 2.96. The van der Waals surface area contributed by atoms with Gasteiger partial charge in [-0.15, -0.1) is 0 Å². The van der Waals surface area contributed by atoms with E-state index in [9.17, 15) is 0 Å². The third-order valence-electron chi connectivity index (χ3n) is 2.66. The summed E-state index contributed by atoms with van der Waals surface area (Å²) in [6, 6.07) is 3.89. The topological polar surface area (TPSA) is 43.0 Å². The minimum atomic E-state index is 0.0217. The largest absolute Gasteiger partial charge is 0.467 e. The lowest BCUT2D eigenvalue weighted by atomic mass is 10.1. The van der Waals surface area contributed by atoms with Crippen molar-refractivity contribution in [3.05, 3.63) is 40.5 Å². The zero-order valence-corrected chi connectivity index (χ0v) is 11.6. The Labute approximate surface area is 109 Å². The molecule has 5 heteroatoms. The standard InChI is InChI=1S/C12H16BrN3O/c1-3-6-16-12(9(13)8-15-16)11(14-2)10-5-4-7-17-10/h4-5,7-8,11,14H,3,6H2,1-2H3. The second-order valence-corrected chi connectivity index (χ2v) is 4.69. The Morgan fingerprint density at radius 1 is 1.59 bits per heavy atom. The third-order valence-corrected chi connectivity index (χ3v) is 3.27. The fourth-order valence-corrected chi connectivity index (χ4v) is 2.44. The smallest absolute Gasteiger partial charge is 0.126 e. The van der Waals surface area contributed by atoms with Crippen molar-refractivity contribution in [2.75, 3.05) is 7.05 Å². The minimum Gasteiger partial charge on any atom is -0.467 e. The molecule has 92 valence electrons. The number of furan rings is 1. The lowest BCUT2D eigenvalue weighted by Gasteiger charge is -2.16. The van der Waals surface area contributed by atoms with E-state index in [1.807, 2.05) is 30.1 Å². The molecule has 0 saturated carbocycles. The number of aryl methyl sites for hydroxylation is 1. The second kappa shape index (κ2) is 5.51. The highest BCUT2D eigenvalue weighted by atomic mass is 79.9. The molecule has 1 atom stereocenters. The highest BCUT2D eigenvalue weighted by Crippen LogP contribution is 2.28. The van der Waals surface area contributed by atoms with E-state index in [4.69, 9.17) is 4.42 Å². The molecule has 0 radical (unpaired) electrons. The molecule has 0 aromatic carbocycles. The van der Waals surface area contributed by atoms with E-state index in [1.54, 1.807) is 6.26 Å². The fourth-order valence-electron chi connectivity index (χ4n) is 1.92. The van der Waals surface area contributed by atoms with Gasteiger partial charge in [-0.2, -0.15) is 5.10 Å². The molecule has 0 aliphatic heterocycles. The van der Waals surface area contributed by atoms with Gasteiger partial charge in [0, 0.05) is 6.54 Å². The molecule has 0 saturated heterocycles. The summed E-state index contributed by atoms with van der Waals surface area (Å²) in [6.07, 6.45) is 4.57. The highest BCUT2D eigenvalue weighted by molar-refractivity contribution is 9.10. The number of hydrogen-bond donors (Lipinski definition) is 1. The van der Waals surface area contributed by atoms with Crippen molar-refractivity contribution in [2.45, 2.75) is 25.9 Å². The lowest BCUT2D eigenvalue weighted by Crippen LogP contribution is -2.21. The molecule has 2 aromatic heterocycles. The first kappa shape index (κ1) is 12.4. The van der Waals surface area contributed by atoms with E-state index in [-0.39, 0.29) is 6.04 Å². The van der Waals surface area contributed by atoms with Crippen LogP contribution >= 0.6 is 15.9 Å². The van der Waals surface area contributed by atoms with Crippen LogP contribution in [0.3, 0.4) is 0 Å². The van der Waals surface area contributed by atoms with E-state index < -0.39 is 0 Å². The van der Waals surface area contributed by atoms with Crippen LogP contribution in [0.1, 0.15) is 30.8 Å². The van der Waals surface area contributed by atoms with E-state index in [1.165, 1.54) is 0 Å². The molecular weight excluding hydrogens is 282 g/mol. The number of halogens is 1. The van der Waals surface area contributed by atoms with Crippen LogP contribution in [0, 0.1) is 0 Å². The molecule has 2 rings (SSSR count). The number of nitrogens with one attached hydrogen (secondary N) is 1. The maximum absolute atomic E-state index is 5.47. The zero-order valence-electron chi connectivity index (χ0n) is 9.98. The van der Waals surface area contributed by atoms with Crippen LogP contribution in [0.4, 0.5) is 0 Å². The van der Waals surface area contributed by atoms with Crippen molar-refractivity contribution in [3.8, 4) is 0 Å². The maximum Gasteiger partial charge on any atom is 0.126 e. The van der Waals surface area contributed by atoms with Crippen LogP contribution in [-0.2, 0) is 6.54 Å². The van der Waals surface area contributed by atoms with Gasteiger partial charge in [0.05, 0.1) is 22.6 Å². The lowest BCUT2D eigenvalue weighted by molar-refractivity contribution is 0.439. The molecule has 0 fully saturated rings. The number of nitrogens with zero attached hydrogens (tertiary/aromatic N) is 2. The Hall–Kier alpha value is -1.07. The van der Waals surface area contributed by atoms with E-state index >= 15 is 0 Å². The van der Waals surface area contributed by atoms with Crippen molar-refractivity contribution < 1.29 is 4.42 Å². The molecular formula is C12H16BrN3O. The van der Waals surface area contributed by atoms with Gasteiger partial charge < -0.3 is 9.73 Å². The van der Waals surface area contributed by atoms with Gasteiger partial charge in [0.1, 0.15) is 11.8 Å². The van der Waals surface area contributed by atoms with E-state index in [0.29, 0.717) is 0 Å². The monoisotopic (exact) mass is 297 g/mol. The van der Waals surface area contributed by atoms with Gasteiger partial charge in [0.25, 0.3) is 0 Å². The molecule has 0 aliphatic carbocycles.